The number of rotatable bonds is 3. The molecule has 5 heteroatoms. The van der Waals surface area contributed by atoms with Gasteiger partial charge >= 0.3 is 0 Å². The monoisotopic (exact) mass is 370 g/mol. The molecule has 136 valence electrons. The summed E-state index contributed by atoms with van der Waals surface area (Å²) in [6.45, 7) is 3.71. The van der Waals surface area contributed by atoms with Crippen molar-refractivity contribution in [2.45, 2.75) is 19.1 Å². The van der Waals surface area contributed by atoms with Crippen molar-refractivity contribution in [1.82, 2.24) is 4.90 Å². The molecule has 2 aliphatic rings. The first kappa shape index (κ1) is 17.5. The SMILES string of the molecule is O=C1CO[C@H]2CCN(Cc3ccc(Cl)cc3)C[C@@H]2CN1c1ccccc1. The number of carbonyl (C=O) groups is 1. The fourth-order valence-electron chi connectivity index (χ4n) is 3.92. The quantitative estimate of drug-likeness (QED) is 0.827. The largest absolute Gasteiger partial charge is 0.368 e. The summed E-state index contributed by atoms with van der Waals surface area (Å²) in [5.41, 5.74) is 2.22. The molecular weight excluding hydrogens is 348 g/mol. The second-order valence-electron chi connectivity index (χ2n) is 7.10. The van der Waals surface area contributed by atoms with Crippen molar-refractivity contribution < 1.29 is 9.53 Å². The van der Waals surface area contributed by atoms with Gasteiger partial charge in [0, 0.05) is 42.8 Å². The third-order valence-electron chi connectivity index (χ3n) is 5.27. The Morgan fingerprint density at radius 3 is 2.58 bits per heavy atom. The van der Waals surface area contributed by atoms with Gasteiger partial charge in [-0.05, 0) is 36.2 Å². The van der Waals surface area contributed by atoms with E-state index in [1.165, 1.54) is 5.56 Å². The van der Waals surface area contributed by atoms with Crippen LogP contribution in [0.4, 0.5) is 5.69 Å². The third-order valence-corrected chi connectivity index (χ3v) is 5.53. The van der Waals surface area contributed by atoms with E-state index in [9.17, 15) is 4.79 Å². The molecule has 4 rings (SSSR count). The van der Waals surface area contributed by atoms with Gasteiger partial charge in [-0.1, -0.05) is 41.9 Å². The summed E-state index contributed by atoms with van der Waals surface area (Å²) < 4.78 is 5.95. The van der Waals surface area contributed by atoms with Crippen molar-refractivity contribution in [2.24, 2.45) is 5.92 Å². The van der Waals surface area contributed by atoms with Crippen LogP contribution in [-0.4, -0.2) is 43.2 Å². The minimum Gasteiger partial charge on any atom is -0.368 e. The van der Waals surface area contributed by atoms with E-state index in [1.54, 1.807) is 0 Å². The van der Waals surface area contributed by atoms with Crippen LogP contribution < -0.4 is 4.90 Å². The van der Waals surface area contributed by atoms with Crippen LogP contribution in [0.15, 0.2) is 54.6 Å². The fourth-order valence-corrected chi connectivity index (χ4v) is 4.05. The maximum Gasteiger partial charge on any atom is 0.252 e. The van der Waals surface area contributed by atoms with Crippen LogP contribution in [0.1, 0.15) is 12.0 Å². The van der Waals surface area contributed by atoms with Crippen molar-refractivity contribution in [3.8, 4) is 0 Å². The molecule has 0 N–H and O–H groups in total. The third kappa shape index (κ3) is 3.93. The molecule has 0 radical (unpaired) electrons. The molecule has 1 amide bonds. The lowest BCUT2D eigenvalue weighted by molar-refractivity contribution is -0.124. The molecule has 2 saturated heterocycles. The Bertz CT molecular complexity index is 750. The number of amides is 1. The number of para-hydroxylation sites is 1. The Morgan fingerprint density at radius 1 is 1.04 bits per heavy atom. The number of hydrogen-bond acceptors (Lipinski definition) is 3. The number of ether oxygens (including phenoxy) is 1. The Labute approximate surface area is 159 Å². The average molecular weight is 371 g/mol. The highest BCUT2D eigenvalue weighted by Gasteiger charge is 2.36. The van der Waals surface area contributed by atoms with Gasteiger partial charge < -0.3 is 9.64 Å². The second-order valence-corrected chi connectivity index (χ2v) is 7.54. The molecule has 26 heavy (non-hydrogen) atoms. The van der Waals surface area contributed by atoms with Crippen LogP contribution in [0.2, 0.25) is 5.02 Å². The van der Waals surface area contributed by atoms with Gasteiger partial charge in [0.2, 0.25) is 0 Å². The van der Waals surface area contributed by atoms with Crippen molar-refractivity contribution >= 4 is 23.2 Å². The maximum absolute atomic E-state index is 12.5. The summed E-state index contributed by atoms with van der Waals surface area (Å²) in [4.78, 5) is 16.9. The highest BCUT2D eigenvalue weighted by molar-refractivity contribution is 6.30. The van der Waals surface area contributed by atoms with Gasteiger partial charge in [-0.2, -0.15) is 0 Å². The summed E-state index contributed by atoms with van der Waals surface area (Å²) in [6, 6.07) is 17.9. The lowest BCUT2D eigenvalue weighted by Crippen LogP contribution is -2.47. The van der Waals surface area contributed by atoms with Gasteiger partial charge in [0.25, 0.3) is 5.91 Å². The first-order chi connectivity index (χ1) is 12.7. The molecule has 2 aliphatic heterocycles. The Morgan fingerprint density at radius 2 is 1.81 bits per heavy atom. The zero-order chi connectivity index (χ0) is 17.9. The van der Waals surface area contributed by atoms with E-state index in [2.05, 4.69) is 17.0 Å². The standard InChI is InChI=1S/C21H23ClN2O2/c22-18-8-6-16(7-9-18)12-23-11-10-20-17(13-23)14-24(21(25)15-26-20)19-4-2-1-3-5-19/h1-9,17,20H,10-15H2/t17-,20+/m1/s1. The van der Waals surface area contributed by atoms with E-state index >= 15 is 0 Å². The number of fused-ring (bicyclic) bond motifs is 1. The van der Waals surface area contributed by atoms with Gasteiger partial charge in [-0.25, -0.2) is 0 Å². The van der Waals surface area contributed by atoms with Gasteiger partial charge in [-0.15, -0.1) is 0 Å². The smallest absolute Gasteiger partial charge is 0.252 e. The number of nitrogens with zero attached hydrogens (tertiary/aromatic N) is 2. The molecule has 0 spiro atoms. The number of benzene rings is 2. The Balaban J connectivity index is 1.47. The number of anilines is 1. The van der Waals surface area contributed by atoms with E-state index in [-0.39, 0.29) is 18.6 Å². The van der Waals surface area contributed by atoms with Gasteiger partial charge in [0.05, 0.1) is 6.10 Å². The summed E-state index contributed by atoms with van der Waals surface area (Å²) in [5, 5.41) is 0.765. The number of piperidine rings is 1. The Hall–Kier alpha value is -1.88. The summed E-state index contributed by atoms with van der Waals surface area (Å²) >= 11 is 5.98. The molecule has 2 aromatic rings. The van der Waals surface area contributed by atoms with E-state index in [0.717, 1.165) is 36.8 Å². The fraction of sp³-hybridized carbons (Fsp3) is 0.381. The predicted molar refractivity (Wildman–Crippen MR) is 103 cm³/mol. The highest BCUT2D eigenvalue weighted by atomic mass is 35.5. The van der Waals surface area contributed by atoms with Crippen LogP contribution >= 0.6 is 11.6 Å². The van der Waals surface area contributed by atoms with Crippen LogP contribution in [0.5, 0.6) is 0 Å². The summed E-state index contributed by atoms with van der Waals surface area (Å²) in [7, 11) is 0. The maximum atomic E-state index is 12.5. The van der Waals surface area contributed by atoms with E-state index < -0.39 is 0 Å². The molecule has 4 nitrogen and oxygen atoms in total. The number of likely N-dealkylation sites (tertiary alicyclic amines) is 1. The molecule has 0 aromatic heterocycles. The molecule has 2 atom stereocenters. The molecule has 0 saturated carbocycles. The molecule has 0 aliphatic carbocycles. The first-order valence-electron chi connectivity index (χ1n) is 9.13. The highest BCUT2D eigenvalue weighted by Crippen LogP contribution is 2.28. The number of halogens is 1. The average Bonchev–Trinajstić information content (AvgIpc) is 2.83. The van der Waals surface area contributed by atoms with E-state index in [0.29, 0.717) is 12.5 Å². The number of carbonyl (C=O) groups excluding carboxylic acids is 1. The Kier molecular flexibility index (Phi) is 5.25. The van der Waals surface area contributed by atoms with Crippen LogP contribution in [0.3, 0.4) is 0 Å². The van der Waals surface area contributed by atoms with Gasteiger partial charge in [0.1, 0.15) is 6.61 Å². The van der Waals surface area contributed by atoms with Crippen molar-refractivity contribution in [1.29, 1.82) is 0 Å². The zero-order valence-corrected chi connectivity index (χ0v) is 15.4. The van der Waals surface area contributed by atoms with Crippen molar-refractivity contribution in [3.63, 3.8) is 0 Å². The minimum atomic E-state index is 0.0508. The van der Waals surface area contributed by atoms with Crippen molar-refractivity contribution in [3.05, 3.63) is 65.2 Å². The molecule has 2 heterocycles. The molecular formula is C21H23ClN2O2. The normalized spacial score (nSPS) is 24.2. The lowest BCUT2D eigenvalue weighted by Gasteiger charge is -2.38. The topological polar surface area (TPSA) is 32.8 Å². The van der Waals surface area contributed by atoms with E-state index in [4.69, 9.17) is 16.3 Å². The van der Waals surface area contributed by atoms with Crippen LogP contribution in [-0.2, 0) is 16.1 Å². The minimum absolute atomic E-state index is 0.0508. The molecule has 0 bridgehead atoms. The molecule has 2 aromatic carbocycles. The lowest BCUT2D eigenvalue weighted by atomic mass is 9.93. The molecule has 2 fully saturated rings. The molecule has 0 unspecified atom stereocenters. The van der Waals surface area contributed by atoms with Gasteiger partial charge in [-0.3, -0.25) is 9.69 Å². The summed E-state index contributed by atoms with van der Waals surface area (Å²) in [6.07, 6.45) is 1.13. The second kappa shape index (κ2) is 7.78. The first-order valence-corrected chi connectivity index (χ1v) is 9.50. The predicted octanol–water partition coefficient (Wildman–Crippen LogP) is 3.59. The van der Waals surface area contributed by atoms with Gasteiger partial charge in [0.15, 0.2) is 0 Å². The van der Waals surface area contributed by atoms with Crippen LogP contribution in [0, 0.1) is 5.92 Å². The number of hydrogen-bond donors (Lipinski definition) is 0. The van der Waals surface area contributed by atoms with Crippen LogP contribution in [0.25, 0.3) is 0 Å². The summed E-state index contributed by atoms with van der Waals surface area (Å²) in [5.74, 6) is 0.373. The van der Waals surface area contributed by atoms with Crippen molar-refractivity contribution in [2.75, 3.05) is 31.1 Å². The zero-order valence-electron chi connectivity index (χ0n) is 14.7. The van der Waals surface area contributed by atoms with E-state index in [1.807, 2.05) is 47.4 Å².